The van der Waals surface area contributed by atoms with Crippen LogP contribution in [-0.4, -0.2) is 41.3 Å². The Hall–Kier alpha value is 0.352. The monoisotopic (exact) mass is 384 g/mol. The van der Waals surface area contributed by atoms with E-state index < -0.39 is 21.6 Å². The van der Waals surface area contributed by atoms with Crippen LogP contribution in [0.1, 0.15) is 20.8 Å². The Labute approximate surface area is 86.1 Å². The Kier molecular flexibility index (Phi) is 6.94. The number of carbonyl (C=O) groups is 1. The first-order valence-corrected chi connectivity index (χ1v) is 14.7. The van der Waals surface area contributed by atoms with Crippen molar-refractivity contribution in [3.8, 4) is 0 Å². The molecule has 0 saturated heterocycles. The van der Waals surface area contributed by atoms with Crippen molar-refractivity contribution in [1.82, 2.24) is 0 Å². The van der Waals surface area contributed by atoms with Gasteiger partial charge in [-0.15, -0.1) is 0 Å². The minimum atomic E-state index is -2.63. The molecule has 0 N–H and O–H groups in total. The SMILES string of the molecule is C[CH2][Pb]([CH2]C)([CH2]C)[O]C(=O)COC. The molecule has 0 aromatic carbocycles. The van der Waals surface area contributed by atoms with Crippen LogP contribution in [0.25, 0.3) is 0 Å². The molecular weight excluding hydrogens is 363 g/mol. The molecule has 0 aliphatic carbocycles. The second-order valence-corrected chi connectivity index (χ2v) is 21.4. The molecule has 0 amide bonds. The predicted octanol–water partition coefficient (Wildman–Crippen LogP) is 2.18. The predicted molar refractivity (Wildman–Crippen MR) is 55.2 cm³/mol. The van der Waals surface area contributed by atoms with Gasteiger partial charge in [0.15, 0.2) is 0 Å². The summed E-state index contributed by atoms with van der Waals surface area (Å²) in [5, 5.41) is 0. The summed E-state index contributed by atoms with van der Waals surface area (Å²) in [5.74, 6) is -0.172. The van der Waals surface area contributed by atoms with Crippen molar-refractivity contribution in [2.45, 2.75) is 32.7 Å². The summed E-state index contributed by atoms with van der Waals surface area (Å²) in [6.07, 6.45) is 0. The number of carbonyl (C=O) groups excluding carboxylic acids is 1. The average molecular weight is 383 g/mol. The van der Waals surface area contributed by atoms with Crippen LogP contribution in [0.3, 0.4) is 0 Å². The summed E-state index contributed by atoms with van der Waals surface area (Å²) in [5.41, 5.74) is 0. The van der Waals surface area contributed by atoms with E-state index in [1.807, 2.05) is 0 Å². The molecule has 0 atom stereocenters. The summed E-state index contributed by atoms with van der Waals surface area (Å²) < 4.78 is 13.6. The molecular formula is C9H20O3Pb. The van der Waals surface area contributed by atoms with Gasteiger partial charge in [0.05, 0.1) is 0 Å². The first kappa shape index (κ1) is 13.4. The van der Waals surface area contributed by atoms with Gasteiger partial charge in [-0.25, -0.2) is 0 Å². The van der Waals surface area contributed by atoms with Crippen molar-refractivity contribution >= 4 is 27.6 Å². The van der Waals surface area contributed by atoms with Crippen molar-refractivity contribution in [3.05, 3.63) is 0 Å². The van der Waals surface area contributed by atoms with E-state index in [-0.39, 0.29) is 12.6 Å². The molecule has 0 spiro atoms. The van der Waals surface area contributed by atoms with E-state index in [0.29, 0.717) is 0 Å². The topological polar surface area (TPSA) is 35.5 Å². The van der Waals surface area contributed by atoms with Crippen LogP contribution in [0.4, 0.5) is 0 Å². The summed E-state index contributed by atoms with van der Waals surface area (Å²) >= 11 is -2.63. The molecule has 0 unspecified atom stereocenters. The van der Waals surface area contributed by atoms with Gasteiger partial charge in [-0.2, -0.15) is 0 Å². The number of hydrogen-bond donors (Lipinski definition) is 0. The van der Waals surface area contributed by atoms with Crippen molar-refractivity contribution in [1.29, 1.82) is 0 Å². The second-order valence-electron chi connectivity index (χ2n) is 3.15. The summed E-state index contributed by atoms with van der Waals surface area (Å²) in [7, 11) is 1.52. The van der Waals surface area contributed by atoms with E-state index in [9.17, 15) is 4.79 Å². The number of hydrogen-bond acceptors (Lipinski definition) is 3. The average Bonchev–Trinajstić information content (AvgIpc) is 2.15. The Morgan fingerprint density at radius 3 is 1.92 bits per heavy atom. The third-order valence-electron chi connectivity index (χ3n) is 2.53. The fourth-order valence-electron chi connectivity index (χ4n) is 1.36. The minimum absolute atomic E-state index is 0.0990. The number of ether oxygens (including phenoxy) is 1. The maximum atomic E-state index is 11.2. The van der Waals surface area contributed by atoms with Crippen LogP contribution in [0.2, 0.25) is 11.9 Å². The fraction of sp³-hybridized carbons (Fsp3) is 0.889. The van der Waals surface area contributed by atoms with E-state index >= 15 is 0 Å². The zero-order valence-corrected chi connectivity index (χ0v) is 12.9. The zero-order valence-electron chi connectivity index (χ0n) is 9.05. The standard InChI is InChI=1S/C3H6O3.3C2H5.Pb/c1-6-2-3(4)5;3*1-2;/h2H2,1H3,(H,4,5);3*1H2,2H3;/q;;;;+1/p-1. The van der Waals surface area contributed by atoms with Gasteiger partial charge < -0.3 is 0 Å². The van der Waals surface area contributed by atoms with Crippen molar-refractivity contribution in [2.75, 3.05) is 13.7 Å². The van der Waals surface area contributed by atoms with E-state index in [4.69, 9.17) is 7.42 Å². The molecule has 0 bridgehead atoms. The fourth-order valence-corrected chi connectivity index (χ4v) is 11.0. The third kappa shape index (κ3) is 4.40. The van der Waals surface area contributed by atoms with Gasteiger partial charge in [0, 0.05) is 0 Å². The molecule has 0 aromatic heterocycles. The molecule has 0 aromatic rings. The van der Waals surface area contributed by atoms with Crippen LogP contribution in [0.15, 0.2) is 0 Å². The van der Waals surface area contributed by atoms with E-state index in [1.54, 1.807) is 0 Å². The molecule has 0 aliphatic heterocycles. The molecule has 4 heteroatoms. The van der Waals surface area contributed by atoms with E-state index in [0.717, 1.165) is 11.9 Å². The van der Waals surface area contributed by atoms with Gasteiger partial charge in [-0.3, -0.25) is 0 Å². The van der Waals surface area contributed by atoms with Crippen molar-refractivity contribution in [2.24, 2.45) is 0 Å². The van der Waals surface area contributed by atoms with Gasteiger partial charge in [0.25, 0.3) is 0 Å². The van der Waals surface area contributed by atoms with Crippen LogP contribution in [0, 0.1) is 0 Å². The Bertz CT molecular complexity index is 147. The van der Waals surface area contributed by atoms with Gasteiger partial charge in [0.1, 0.15) is 0 Å². The first-order chi connectivity index (χ1) is 6.14. The van der Waals surface area contributed by atoms with Gasteiger partial charge in [0.2, 0.25) is 0 Å². The van der Waals surface area contributed by atoms with Crippen molar-refractivity contribution in [3.63, 3.8) is 0 Å². The maximum absolute atomic E-state index is 11.2. The number of rotatable bonds is 6. The summed E-state index contributed by atoms with van der Waals surface area (Å²) in [6.45, 7) is 6.50. The van der Waals surface area contributed by atoms with E-state index in [1.165, 1.54) is 7.11 Å². The van der Waals surface area contributed by atoms with Crippen LogP contribution >= 0.6 is 0 Å². The molecule has 13 heavy (non-hydrogen) atoms. The normalized spacial score (nSPS) is 11.4. The van der Waals surface area contributed by atoms with Crippen LogP contribution in [-0.2, 0) is 12.2 Å². The quantitative estimate of drug-likeness (QED) is 0.660. The Morgan fingerprint density at radius 2 is 1.62 bits per heavy atom. The molecule has 0 radical (unpaired) electrons. The Morgan fingerprint density at radius 1 is 1.15 bits per heavy atom. The molecule has 0 aliphatic rings. The second kappa shape index (κ2) is 6.75. The Balaban J connectivity index is 4.16. The summed E-state index contributed by atoms with van der Waals surface area (Å²) in [6, 6.07) is 0. The molecule has 0 fully saturated rings. The molecule has 0 saturated carbocycles. The first-order valence-electron chi connectivity index (χ1n) is 4.84. The molecule has 0 rings (SSSR count). The van der Waals surface area contributed by atoms with Gasteiger partial charge in [-0.05, 0) is 0 Å². The molecule has 3 nitrogen and oxygen atoms in total. The van der Waals surface area contributed by atoms with Gasteiger partial charge in [-0.1, -0.05) is 0 Å². The zero-order chi connectivity index (χ0) is 10.3. The van der Waals surface area contributed by atoms with E-state index in [2.05, 4.69) is 20.8 Å². The number of methoxy groups -OCH3 is 1. The molecule has 0 heterocycles. The molecule has 78 valence electrons. The summed E-state index contributed by atoms with van der Waals surface area (Å²) in [4.78, 5) is 11.2. The van der Waals surface area contributed by atoms with Crippen molar-refractivity contribution < 1.29 is 12.2 Å². The third-order valence-corrected chi connectivity index (χ3v) is 20.1. The van der Waals surface area contributed by atoms with Gasteiger partial charge >= 0.3 is 86.2 Å². The van der Waals surface area contributed by atoms with Crippen LogP contribution in [0.5, 0.6) is 0 Å². The van der Waals surface area contributed by atoms with Crippen LogP contribution < -0.4 is 0 Å².